The SMILES string of the molecule is CCn1cc(S(=O)(=O)CC(=O)Nc2c3c(cc4c2CCC4)CCC3)nn1.CCn1cc(S(N)(=O)=O)nn1.N#COc1c2c(cc3c1CCC3)CCC2. The van der Waals surface area contributed by atoms with Crippen LogP contribution in [-0.2, 0) is 89.1 Å². The molecule has 52 heavy (non-hydrogen) atoms. The summed E-state index contributed by atoms with van der Waals surface area (Å²) in [7, 11) is -7.49. The lowest BCUT2D eigenvalue weighted by Crippen LogP contribution is -2.24. The predicted octanol–water partition coefficient (Wildman–Crippen LogP) is 3.16. The number of sulfone groups is 1. The molecule has 4 aliphatic rings. The second kappa shape index (κ2) is 15.5. The number of fused-ring (bicyclic) bond motifs is 4. The molecule has 1 amide bonds. The van der Waals surface area contributed by atoms with Crippen LogP contribution in [0.2, 0.25) is 0 Å². The summed E-state index contributed by atoms with van der Waals surface area (Å²) in [6, 6.07) is 4.62. The Morgan fingerprint density at radius 3 is 1.63 bits per heavy atom. The average molecular weight is 750 g/mol. The van der Waals surface area contributed by atoms with Crippen LogP contribution in [0.3, 0.4) is 0 Å². The molecule has 0 atom stereocenters. The van der Waals surface area contributed by atoms with Crippen molar-refractivity contribution < 1.29 is 26.4 Å². The van der Waals surface area contributed by atoms with E-state index in [0.29, 0.717) is 13.1 Å². The summed E-state index contributed by atoms with van der Waals surface area (Å²) in [5, 5.41) is 30.3. The maximum Gasteiger partial charge on any atom is 0.292 e. The number of carbonyl (C=O) groups excluding carboxylic acids is 1. The number of primary sulfonamides is 1. The number of aromatic nitrogens is 6. The van der Waals surface area contributed by atoms with E-state index in [1.807, 2.05) is 20.1 Å². The van der Waals surface area contributed by atoms with Crippen LogP contribution in [0.25, 0.3) is 0 Å². The van der Waals surface area contributed by atoms with Crippen molar-refractivity contribution in [3.63, 3.8) is 0 Å². The highest BCUT2D eigenvalue weighted by atomic mass is 32.2. The first-order valence-corrected chi connectivity index (χ1v) is 20.9. The smallest absolute Gasteiger partial charge is 0.292 e. The van der Waals surface area contributed by atoms with E-state index in [0.717, 1.165) is 75.6 Å². The Kier molecular flexibility index (Phi) is 11.1. The van der Waals surface area contributed by atoms with Gasteiger partial charge < -0.3 is 10.1 Å². The molecular weight excluding hydrogens is 707 g/mol. The summed E-state index contributed by atoms with van der Waals surface area (Å²) in [4.78, 5) is 12.5. The Morgan fingerprint density at radius 1 is 0.769 bits per heavy atom. The van der Waals surface area contributed by atoms with Gasteiger partial charge in [0.15, 0.2) is 5.03 Å². The molecule has 0 bridgehead atoms. The fraction of sp³-hybridized carbons (Fsp3) is 0.486. The normalized spacial score (nSPS) is 15.3. The second-order valence-corrected chi connectivity index (χ2v) is 16.7. The van der Waals surface area contributed by atoms with E-state index in [1.54, 1.807) is 0 Å². The topological polar surface area (TPSA) is 218 Å². The van der Waals surface area contributed by atoms with Gasteiger partial charge in [-0.2, -0.15) is 0 Å². The number of nitrogens with two attached hydrogens (primary N) is 1. The Morgan fingerprint density at radius 2 is 1.21 bits per heavy atom. The Labute approximate surface area is 303 Å². The first kappa shape index (κ1) is 37.1. The molecule has 2 aromatic carbocycles. The largest absolute Gasteiger partial charge is 0.387 e. The van der Waals surface area contributed by atoms with Gasteiger partial charge in [-0.3, -0.25) is 14.2 Å². The van der Waals surface area contributed by atoms with Gasteiger partial charge in [0.25, 0.3) is 16.3 Å². The number of amides is 1. The van der Waals surface area contributed by atoms with Gasteiger partial charge in [0, 0.05) is 18.8 Å². The summed E-state index contributed by atoms with van der Waals surface area (Å²) < 4.78 is 54.2. The van der Waals surface area contributed by atoms with Crippen molar-refractivity contribution in [2.45, 2.75) is 114 Å². The maximum atomic E-state index is 12.5. The third-order valence-corrected chi connectivity index (χ3v) is 12.2. The number of nitriles is 1. The number of ether oxygens (including phenoxy) is 1. The molecule has 0 fully saturated rings. The summed E-state index contributed by atoms with van der Waals surface area (Å²) in [5.74, 6) is -0.223. The van der Waals surface area contributed by atoms with Gasteiger partial charge in [0.05, 0.1) is 12.4 Å². The van der Waals surface area contributed by atoms with E-state index < -0.39 is 31.5 Å². The van der Waals surface area contributed by atoms with Gasteiger partial charge in [-0.15, -0.1) is 15.5 Å². The van der Waals surface area contributed by atoms with Crippen LogP contribution in [0.4, 0.5) is 5.69 Å². The lowest BCUT2D eigenvalue weighted by molar-refractivity contribution is -0.113. The van der Waals surface area contributed by atoms with Crippen molar-refractivity contribution in [1.29, 1.82) is 5.26 Å². The minimum atomic E-state index is -3.80. The molecule has 3 N–H and O–H groups in total. The van der Waals surface area contributed by atoms with Gasteiger partial charge in [-0.05, 0) is 135 Å². The van der Waals surface area contributed by atoms with Crippen LogP contribution in [0, 0.1) is 11.5 Å². The number of anilines is 1. The highest BCUT2D eigenvalue weighted by molar-refractivity contribution is 7.92. The Balaban J connectivity index is 0.000000150. The number of benzene rings is 2. The van der Waals surface area contributed by atoms with Crippen LogP contribution < -0.4 is 15.2 Å². The predicted molar refractivity (Wildman–Crippen MR) is 191 cm³/mol. The minimum Gasteiger partial charge on any atom is -0.387 e. The van der Waals surface area contributed by atoms with E-state index >= 15 is 0 Å². The summed E-state index contributed by atoms with van der Waals surface area (Å²) in [5.41, 5.74) is 11.3. The van der Waals surface area contributed by atoms with E-state index in [-0.39, 0.29) is 10.1 Å². The van der Waals surface area contributed by atoms with Crippen molar-refractivity contribution in [3.8, 4) is 12.0 Å². The van der Waals surface area contributed by atoms with Crippen molar-refractivity contribution in [2.75, 3.05) is 11.1 Å². The number of sulfonamides is 1. The molecule has 17 heteroatoms. The first-order chi connectivity index (χ1) is 24.9. The number of carbonyl (C=O) groups is 1. The molecule has 4 aromatic rings. The third-order valence-electron chi connectivity index (χ3n) is 9.92. The quantitative estimate of drug-likeness (QED) is 0.249. The number of nitrogens with one attached hydrogen (secondary N) is 1. The fourth-order valence-corrected chi connectivity index (χ4v) is 8.89. The van der Waals surface area contributed by atoms with E-state index in [9.17, 15) is 21.6 Å². The molecule has 0 aliphatic heterocycles. The second-order valence-electron chi connectivity index (χ2n) is 13.3. The molecule has 2 aromatic heterocycles. The van der Waals surface area contributed by atoms with Crippen molar-refractivity contribution in [1.82, 2.24) is 30.0 Å². The van der Waals surface area contributed by atoms with Gasteiger partial charge in [0.1, 0.15) is 11.5 Å². The van der Waals surface area contributed by atoms with E-state index in [1.165, 1.54) is 79.1 Å². The Bertz CT molecular complexity index is 2190. The maximum absolute atomic E-state index is 12.5. The van der Waals surface area contributed by atoms with Gasteiger partial charge in [-0.25, -0.2) is 22.0 Å². The molecule has 276 valence electrons. The van der Waals surface area contributed by atoms with E-state index in [4.69, 9.17) is 15.1 Å². The van der Waals surface area contributed by atoms with Crippen LogP contribution in [0.1, 0.15) is 84.0 Å². The van der Waals surface area contributed by atoms with E-state index in [2.05, 4.69) is 38.1 Å². The molecule has 8 rings (SSSR count). The van der Waals surface area contributed by atoms with Crippen molar-refractivity contribution >= 4 is 31.5 Å². The fourth-order valence-electron chi connectivity index (χ4n) is 7.47. The van der Waals surface area contributed by atoms with Gasteiger partial charge in [0.2, 0.25) is 20.8 Å². The molecule has 0 radical (unpaired) electrons. The Hall–Kier alpha value is -4.66. The first-order valence-electron chi connectivity index (χ1n) is 17.7. The number of hydrogen-bond acceptors (Lipinski definition) is 11. The monoisotopic (exact) mass is 749 g/mol. The van der Waals surface area contributed by atoms with Crippen LogP contribution in [0.5, 0.6) is 5.75 Å². The molecule has 15 nitrogen and oxygen atoms in total. The third kappa shape index (κ3) is 8.03. The zero-order chi connectivity index (χ0) is 37.0. The number of nitrogens with zero attached hydrogens (tertiary/aromatic N) is 7. The summed E-state index contributed by atoms with van der Waals surface area (Å²) in [6.07, 6.45) is 17.5. The zero-order valence-corrected chi connectivity index (χ0v) is 31.0. The average Bonchev–Trinajstić information content (AvgIpc) is 3.96. The van der Waals surface area contributed by atoms with Gasteiger partial charge in [-0.1, -0.05) is 22.6 Å². The number of aryl methyl sites for hydroxylation is 6. The van der Waals surface area contributed by atoms with Crippen molar-refractivity contribution in [2.24, 2.45) is 5.14 Å². The number of rotatable bonds is 8. The van der Waals surface area contributed by atoms with Crippen LogP contribution in [-0.4, -0.2) is 58.5 Å². The minimum absolute atomic E-state index is 0.155. The lowest BCUT2D eigenvalue weighted by atomic mass is 9.98. The van der Waals surface area contributed by atoms with Gasteiger partial charge >= 0.3 is 0 Å². The van der Waals surface area contributed by atoms with Crippen molar-refractivity contribution in [3.05, 3.63) is 69.0 Å². The number of hydrogen-bond donors (Lipinski definition) is 2. The molecule has 0 spiro atoms. The highest BCUT2D eigenvalue weighted by Gasteiger charge is 2.28. The molecule has 4 aliphatic carbocycles. The molecule has 0 saturated heterocycles. The summed E-state index contributed by atoms with van der Waals surface area (Å²) >= 11 is 0. The lowest BCUT2D eigenvalue weighted by Gasteiger charge is -2.16. The zero-order valence-electron chi connectivity index (χ0n) is 29.4. The molecule has 0 saturated carbocycles. The van der Waals surface area contributed by atoms with Crippen LogP contribution >= 0.6 is 0 Å². The summed E-state index contributed by atoms with van der Waals surface area (Å²) in [6.45, 7) is 4.76. The molecular formula is C35H43N9O6S2. The van der Waals surface area contributed by atoms with Crippen LogP contribution in [0.15, 0.2) is 34.6 Å². The molecule has 0 unspecified atom stereocenters. The highest BCUT2D eigenvalue weighted by Crippen LogP contribution is 2.40. The standard InChI is InChI=1S/C18H22N4O3S.C13H13NO.C4H8N4O2S/c1-2-22-10-17(20-21-22)26(24,25)11-16(23)19-18-14-7-3-5-12(14)9-13-6-4-8-15(13)18;14-8-15-13-11-5-1-3-9(11)7-10-4-2-6-12(10)13;1-2-8-3-4(6-7-8)11(5,9)10/h9-10H,2-8,11H2,1H3,(H,19,23);7H,1-6H2;3H,2H2,1H3,(H2,5,9,10). The molecule has 2 heterocycles.